The Morgan fingerprint density at radius 3 is 2.74 bits per heavy atom. The van der Waals surface area contributed by atoms with Gasteiger partial charge < -0.3 is 10.0 Å². The van der Waals surface area contributed by atoms with Gasteiger partial charge in [-0.2, -0.15) is 5.10 Å². The summed E-state index contributed by atoms with van der Waals surface area (Å²) in [6, 6.07) is 8.64. The number of carbonyl (C=O) groups is 1. The van der Waals surface area contributed by atoms with Crippen molar-refractivity contribution in [3.8, 4) is 5.75 Å². The summed E-state index contributed by atoms with van der Waals surface area (Å²) in [7, 11) is 0. The van der Waals surface area contributed by atoms with E-state index in [1.165, 1.54) is 12.4 Å². The maximum Gasteiger partial charge on any atom is 0.272 e. The predicted octanol–water partition coefficient (Wildman–Crippen LogP) is 2.40. The van der Waals surface area contributed by atoms with E-state index in [9.17, 15) is 9.90 Å². The molecular formula is C17H20N4O2. The molecule has 0 unspecified atom stereocenters. The lowest BCUT2D eigenvalue weighted by Gasteiger charge is -2.22. The molecule has 0 bridgehead atoms. The summed E-state index contributed by atoms with van der Waals surface area (Å²) in [4.78, 5) is 17.7. The third-order valence-electron chi connectivity index (χ3n) is 3.41. The maximum absolute atomic E-state index is 11.8. The second-order valence-corrected chi connectivity index (χ2v) is 4.86. The van der Waals surface area contributed by atoms with Crippen molar-refractivity contribution >= 4 is 17.8 Å². The van der Waals surface area contributed by atoms with Crippen molar-refractivity contribution in [2.24, 2.45) is 5.10 Å². The highest BCUT2D eigenvalue weighted by atomic mass is 16.3. The Balaban J connectivity index is 2.03. The fraction of sp³-hybridized carbons (Fsp3) is 0.235. The number of phenols is 1. The zero-order chi connectivity index (χ0) is 16.7. The van der Waals surface area contributed by atoms with Crippen molar-refractivity contribution in [3.63, 3.8) is 0 Å². The van der Waals surface area contributed by atoms with Gasteiger partial charge in [-0.3, -0.25) is 9.78 Å². The fourth-order valence-corrected chi connectivity index (χ4v) is 2.18. The van der Waals surface area contributed by atoms with E-state index in [-0.39, 0.29) is 11.7 Å². The quantitative estimate of drug-likeness (QED) is 0.634. The van der Waals surface area contributed by atoms with E-state index in [0.29, 0.717) is 11.1 Å². The van der Waals surface area contributed by atoms with Crippen LogP contribution in [0.15, 0.2) is 47.8 Å². The lowest BCUT2D eigenvalue weighted by Crippen LogP contribution is -2.21. The summed E-state index contributed by atoms with van der Waals surface area (Å²) in [6.45, 7) is 5.70. The van der Waals surface area contributed by atoms with Crippen LogP contribution in [0.1, 0.15) is 29.8 Å². The second-order valence-electron chi connectivity index (χ2n) is 4.86. The van der Waals surface area contributed by atoms with Crippen LogP contribution in [-0.2, 0) is 0 Å². The number of aromatic nitrogens is 1. The SMILES string of the molecule is CCN(CC)c1ccc(C=NNC(=O)c2cccnc2)cc1O. The number of benzene rings is 1. The number of rotatable bonds is 6. The molecule has 0 spiro atoms. The van der Waals surface area contributed by atoms with Crippen molar-refractivity contribution in [1.82, 2.24) is 10.4 Å². The van der Waals surface area contributed by atoms with E-state index >= 15 is 0 Å². The minimum absolute atomic E-state index is 0.191. The number of hydrazone groups is 1. The van der Waals surface area contributed by atoms with Crippen molar-refractivity contribution in [2.75, 3.05) is 18.0 Å². The molecule has 0 aliphatic carbocycles. The minimum Gasteiger partial charge on any atom is -0.506 e. The maximum atomic E-state index is 11.8. The van der Waals surface area contributed by atoms with Crippen molar-refractivity contribution in [2.45, 2.75) is 13.8 Å². The van der Waals surface area contributed by atoms with Gasteiger partial charge in [-0.1, -0.05) is 6.07 Å². The number of aromatic hydroxyl groups is 1. The number of nitrogens with one attached hydrogen (secondary N) is 1. The number of pyridine rings is 1. The Labute approximate surface area is 135 Å². The molecule has 1 heterocycles. The van der Waals surface area contributed by atoms with Crippen LogP contribution >= 0.6 is 0 Å². The number of phenolic OH excluding ortho intramolecular Hbond substituents is 1. The molecule has 0 saturated heterocycles. The first-order chi connectivity index (χ1) is 11.2. The normalized spacial score (nSPS) is 10.7. The molecule has 2 rings (SSSR count). The summed E-state index contributed by atoms with van der Waals surface area (Å²) in [5.74, 6) is -0.144. The van der Waals surface area contributed by atoms with Crippen LogP contribution < -0.4 is 10.3 Å². The Hall–Kier alpha value is -2.89. The van der Waals surface area contributed by atoms with Crippen LogP contribution in [0, 0.1) is 0 Å². The van der Waals surface area contributed by atoms with Crippen LogP contribution in [0.2, 0.25) is 0 Å². The molecule has 1 amide bonds. The van der Waals surface area contributed by atoms with E-state index < -0.39 is 0 Å². The molecule has 0 radical (unpaired) electrons. The van der Waals surface area contributed by atoms with Crippen LogP contribution in [0.4, 0.5) is 5.69 Å². The average molecular weight is 312 g/mol. The standard InChI is InChI=1S/C17H20N4O2/c1-3-21(4-2)15-8-7-13(10-16(15)22)11-19-20-17(23)14-6-5-9-18-12-14/h5-12,22H,3-4H2,1-2H3,(H,20,23). The van der Waals surface area contributed by atoms with Gasteiger partial charge in [0.05, 0.1) is 17.5 Å². The molecule has 120 valence electrons. The number of carbonyl (C=O) groups excluding carboxylic acids is 1. The Bertz CT molecular complexity index is 682. The van der Waals surface area contributed by atoms with Gasteiger partial charge in [-0.05, 0) is 43.7 Å². The van der Waals surface area contributed by atoms with Gasteiger partial charge in [-0.25, -0.2) is 5.43 Å². The summed E-state index contributed by atoms with van der Waals surface area (Å²) in [5.41, 5.74) is 4.34. The van der Waals surface area contributed by atoms with Gasteiger partial charge in [0.15, 0.2) is 0 Å². The van der Waals surface area contributed by atoms with Gasteiger partial charge in [-0.15, -0.1) is 0 Å². The van der Waals surface area contributed by atoms with Crippen LogP contribution in [-0.4, -0.2) is 35.3 Å². The smallest absolute Gasteiger partial charge is 0.272 e. The molecular weight excluding hydrogens is 292 g/mol. The largest absolute Gasteiger partial charge is 0.506 e. The van der Waals surface area contributed by atoms with Gasteiger partial charge in [0, 0.05) is 25.5 Å². The third-order valence-corrected chi connectivity index (χ3v) is 3.41. The summed E-state index contributed by atoms with van der Waals surface area (Å²) in [6.07, 6.45) is 4.55. The van der Waals surface area contributed by atoms with E-state index in [1.807, 2.05) is 26.0 Å². The monoisotopic (exact) mass is 312 g/mol. The van der Waals surface area contributed by atoms with E-state index in [2.05, 4.69) is 20.4 Å². The molecule has 2 aromatic rings. The molecule has 1 aromatic heterocycles. The zero-order valence-electron chi connectivity index (χ0n) is 13.2. The van der Waals surface area contributed by atoms with Gasteiger partial charge in [0.25, 0.3) is 5.91 Å². The molecule has 0 fully saturated rings. The van der Waals surface area contributed by atoms with Crippen LogP contribution in [0.25, 0.3) is 0 Å². The first kappa shape index (κ1) is 16.5. The second kappa shape index (κ2) is 7.93. The molecule has 2 N–H and O–H groups in total. The first-order valence-corrected chi connectivity index (χ1v) is 7.47. The Morgan fingerprint density at radius 1 is 1.35 bits per heavy atom. The van der Waals surface area contributed by atoms with Gasteiger partial charge in [0.2, 0.25) is 0 Å². The van der Waals surface area contributed by atoms with Gasteiger partial charge in [0.1, 0.15) is 5.75 Å². The van der Waals surface area contributed by atoms with Crippen LogP contribution in [0.5, 0.6) is 5.75 Å². The number of anilines is 1. The predicted molar refractivity (Wildman–Crippen MR) is 91.0 cm³/mol. The highest BCUT2D eigenvalue weighted by molar-refractivity contribution is 5.94. The highest BCUT2D eigenvalue weighted by Crippen LogP contribution is 2.27. The molecule has 0 aliphatic heterocycles. The fourth-order valence-electron chi connectivity index (χ4n) is 2.18. The number of amides is 1. The molecule has 23 heavy (non-hydrogen) atoms. The number of nitrogens with zero attached hydrogens (tertiary/aromatic N) is 3. The van der Waals surface area contributed by atoms with Crippen molar-refractivity contribution in [3.05, 3.63) is 53.9 Å². The van der Waals surface area contributed by atoms with Crippen LogP contribution in [0.3, 0.4) is 0 Å². The molecule has 0 atom stereocenters. The van der Waals surface area contributed by atoms with E-state index in [4.69, 9.17) is 0 Å². The van der Waals surface area contributed by atoms with Gasteiger partial charge >= 0.3 is 0 Å². The lowest BCUT2D eigenvalue weighted by atomic mass is 10.2. The number of hydrogen-bond acceptors (Lipinski definition) is 5. The average Bonchev–Trinajstić information content (AvgIpc) is 2.58. The third kappa shape index (κ3) is 4.29. The Kier molecular flexibility index (Phi) is 5.68. The molecule has 6 heteroatoms. The summed E-state index contributed by atoms with van der Waals surface area (Å²) in [5, 5.41) is 14.0. The van der Waals surface area contributed by atoms with Crippen molar-refractivity contribution in [1.29, 1.82) is 0 Å². The molecule has 0 saturated carbocycles. The van der Waals surface area contributed by atoms with Crippen molar-refractivity contribution < 1.29 is 9.90 Å². The number of hydrogen-bond donors (Lipinski definition) is 2. The zero-order valence-corrected chi connectivity index (χ0v) is 13.2. The molecule has 1 aromatic carbocycles. The first-order valence-electron chi connectivity index (χ1n) is 7.47. The minimum atomic E-state index is -0.335. The molecule has 0 aliphatic rings. The summed E-state index contributed by atoms with van der Waals surface area (Å²) >= 11 is 0. The Morgan fingerprint density at radius 2 is 2.13 bits per heavy atom. The van der Waals surface area contributed by atoms with E-state index in [0.717, 1.165) is 18.8 Å². The summed E-state index contributed by atoms with van der Waals surface area (Å²) < 4.78 is 0. The lowest BCUT2D eigenvalue weighted by molar-refractivity contribution is 0.0955. The van der Waals surface area contributed by atoms with E-state index in [1.54, 1.807) is 24.4 Å². The topological polar surface area (TPSA) is 77.8 Å². The highest BCUT2D eigenvalue weighted by Gasteiger charge is 2.08. The molecule has 6 nitrogen and oxygen atoms in total.